The molecule has 0 saturated carbocycles. The van der Waals surface area contributed by atoms with Gasteiger partial charge in [0.25, 0.3) is 0 Å². The molecule has 100 valence electrons. The zero-order valence-electron chi connectivity index (χ0n) is 9.71. The third kappa shape index (κ3) is 3.78. The zero-order valence-corrected chi connectivity index (χ0v) is 13.6. The van der Waals surface area contributed by atoms with Crippen molar-refractivity contribution < 1.29 is 9.50 Å². The minimum Gasteiger partial charge on any atom is -0.388 e. The van der Waals surface area contributed by atoms with E-state index < -0.39 is 6.10 Å². The first-order chi connectivity index (χ1) is 8.97. The highest BCUT2D eigenvalue weighted by molar-refractivity contribution is 9.10. The predicted octanol–water partition coefficient (Wildman–Crippen LogP) is 5.28. The number of hydrogen-bond donors (Lipinski definition) is 1. The number of benzene rings is 2. The Hall–Kier alpha value is -0.420. The molecule has 0 aliphatic rings. The van der Waals surface area contributed by atoms with Gasteiger partial charge in [-0.05, 0) is 57.4 Å². The van der Waals surface area contributed by atoms with E-state index >= 15 is 0 Å². The molecular weight excluding hydrogens is 398 g/mol. The quantitative estimate of drug-likeness (QED) is 0.733. The fourth-order valence-electron chi connectivity index (χ4n) is 1.75. The van der Waals surface area contributed by atoms with Crippen LogP contribution in [0, 0.1) is 5.82 Å². The van der Waals surface area contributed by atoms with Gasteiger partial charge >= 0.3 is 0 Å². The van der Waals surface area contributed by atoms with Gasteiger partial charge in [-0.2, -0.15) is 0 Å². The fourth-order valence-corrected chi connectivity index (χ4v) is 2.59. The van der Waals surface area contributed by atoms with Crippen LogP contribution in [0.25, 0.3) is 0 Å². The topological polar surface area (TPSA) is 20.2 Å². The van der Waals surface area contributed by atoms with Crippen LogP contribution in [0.1, 0.15) is 17.2 Å². The third-order valence-electron chi connectivity index (χ3n) is 2.75. The van der Waals surface area contributed by atoms with Crippen LogP contribution in [0.5, 0.6) is 0 Å². The second-order valence-electron chi connectivity index (χ2n) is 4.13. The third-order valence-corrected chi connectivity index (χ3v) is 4.48. The lowest BCUT2D eigenvalue weighted by Crippen LogP contribution is -2.03. The molecule has 0 heterocycles. The van der Waals surface area contributed by atoms with E-state index in [1.54, 1.807) is 30.3 Å². The summed E-state index contributed by atoms with van der Waals surface area (Å²) in [4.78, 5) is 0. The molecule has 19 heavy (non-hydrogen) atoms. The van der Waals surface area contributed by atoms with Crippen molar-refractivity contribution in [2.24, 2.45) is 0 Å². The molecule has 0 spiro atoms. The lowest BCUT2D eigenvalue weighted by Gasteiger charge is -2.13. The number of hydrogen-bond acceptors (Lipinski definition) is 1. The van der Waals surface area contributed by atoms with Gasteiger partial charge in [0.1, 0.15) is 5.82 Å². The number of rotatable bonds is 3. The summed E-state index contributed by atoms with van der Waals surface area (Å²) in [5.74, 6) is -0.328. The van der Waals surface area contributed by atoms with Gasteiger partial charge in [-0.15, -0.1) is 0 Å². The SMILES string of the molecule is OC(Cc1cc(Br)ccc1F)c1ccc(Br)c(Cl)c1. The van der Waals surface area contributed by atoms with Gasteiger partial charge in [-0.3, -0.25) is 0 Å². The second kappa shape index (κ2) is 6.35. The lowest BCUT2D eigenvalue weighted by atomic mass is 10.0. The Morgan fingerprint density at radius 1 is 1.16 bits per heavy atom. The number of aliphatic hydroxyl groups excluding tert-OH is 1. The van der Waals surface area contributed by atoms with Crippen molar-refractivity contribution >= 4 is 43.5 Å². The van der Waals surface area contributed by atoms with Gasteiger partial charge in [0.05, 0.1) is 11.1 Å². The summed E-state index contributed by atoms with van der Waals surface area (Å²) in [5.41, 5.74) is 1.12. The van der Waals surface area contributed by atoms with Crippen LogP contribution in [0.15, 0.2) is 45.3 Å². The van der Waals surface area contributed by atoms with Gasteiger partial charge in [0, 0.05) is 15.4 Å². The van der Waals surface area contributed by atoms with Crippen molar-refractivity contribution in [2.45, 2.75) is 12.5 Å². The fraction of sp³-hybridized carbons (Fsp3) is 0.143. The van der Waals surface area contributed by atoms with E-state index in [1.165, 1.54) is 6.07 Å². The normalized spacial score (nSPS) is 12.5. The Balaban J connectivity index is 2.22. The van der Waals surface area contributed by atoms with Gasteiger partial charge in [0.2, 0.25) is 0 Å². The Morgan fingerprint density at radius 3 is 2.58 bits per heavy atom. The summed E-state index contributed by atoms with van der Waals surface area (Å²) in [6.45, 7) is 0. The first-order valence-corrected chi connectivity index (χ1v) is 7.50. The highest BCUT2D eigenvalue weighted by Crippen LogP contribution is 2.28. The van der Waals surface area contributed by atoms with Gasteiger partial charge < -0.3 is 5.11 Å². The summed E-state index contributed by atoms with van der Waals surface area (Å²) in [5, 5.41) is 10.7. The van der Waals surface area contributed by atoms with E-state index in [2.05, 4.69) is 31.9 Å². The highest BCUT2D eigenvalue weighted by Gasteiger charge is 2.13. The predicted molar refractivity (Wildman–Crippen MR) is 81.9 cm³/mol. The van der Waals surface area contributed by atoms with E-state index in [9.17, 15) is 9.50 Å². The highest BCUT2D eigenvalue weighted by atomic mass is 79.9. The minimum atomic E-state index is -0.797. The average Bonchev–Trinajstić information content (AvgIpc) is 2.37. The van der Waals surface area contributed by atoms with Crippen LogP contribution in [0.2, 0.25) is 5.02 Å². The summed E-state index contributed by atoms with van der Waals surface area (Å²) in [6, 6.07) is 9.86. The van der Waals surface area contributed by atoms with E-state index in [1.807, 2.05) is 0 Å². The molecule has 2 aromatic carbocycles. The summed E-state index contributed by atoms with van der Waals surface area (Å²) in [7, 11) is 0. The lowest BCUT2D eigenvalue weighted by molar-refractivity contribution is 0.177. The molecule has 1 atom stereocenters. The maximum absolute atomic E-state index is 13.6. The van der Waals surface area contributed by atoms with E-state index in [-0.39, 0.29) is 12.2 Å². The summed E-state index contributed by atoms with van der Waals surface area (Å²) < 4.78 is 15.2. The largest absolute Gasteiger partial charge is 0.388 e. The van der Waals surface area contributed by atoms with Crippen molar-refractivity contribution in [3.05, 3.63) is 67.3 Å². The van der Waals surface area contributed by atoms with Crippen LogP contribution >= 0.6 is 43.5 Å². The molecule has 1 unspecified atom stereocenters. The molecule has 2 aromatic rings. The molecule has 2 rings (SSSR count). The Morgan fingerprint density at radius 2 is 1.89 bits per heavy atom. The monoisotopic (exact) mass is 406 g/mol. The van der Waals surface area contributed by atoms with Crippen molar-refractivity contribution in [3.63, 3.8) is 0 Å². The maximum atomic E-state index is 13.6. The van der Waals surface area contributed by atoms with Gasteiger partial charge in [-0.25, -0.2) is 4.39 Å². The van der Waals surface area contributed by atoms with Gasteiger partial charge in [0.15, 0.2) is 0 Å². The van der Waals surface area contributed by atoms with Crippen molar-refractivity contribution in [2.75, 3.05) is 0 Å². The van der Waals surface area contributed by atoms with Crippen LogP contribution < -0.4 is 0 Å². The standard InChI is InChI=1S/C14H10Br2ClFO/c15-10-2-4-13(18)9(5-10)7-14(19)8-1-3-11(16)12(17)6-8/h1-6,14,19H,7H2. The Kier molecular flexibility index (Phi) is 5.01. The van der Waals surface area contributed by atoms with Gasteiger partial charge in [-0.1, -0.05) is 33.6 Å². The molecule has 0 aliphatic carbocycles. The number of halogens is 4. The molecule has 5 heteroatoms. The smallest absolute Gasteiger partial charge is 0.126 e. The molecule has 0 aromatic heterocycles. The Bertz CT molecular complexity index is 604. The molecule has 1 nitrogen and oxygen atoms in total. The molecule has 0 saturated heterocycles. The van der Waals surface area contributed by atoms with Crippen LogP contribution in [0.4, 0.5) is 4.39 Å². The molecular formula is C14H10Br2ClFO. The average molecular weight is 408 g/mol. The number of aliphatic hydroxyl groups is 1. The zero-order chi connectivity index (χ0) is 14.0. The minimum absolute atomic E-state index is 0.198. The molecule has 0 bridgehead atoms. The second-order valence-corrected chi connectivity index (χ2v) is 6.31. The molecule has 1 N–H and O–H groups in total. The molecule has 0 amide bonds. The Labute approximate surface area is 132 Å². The van der Waals surface area contributed by atoms with E-state index in [0.29, 0.717) is 16.1 Å². The first-order valence-electron chi connectivity index (χ1n) is 5.54. The molecule has 0 aliphatic heterocycles. The van der Waals surface area contributed by atoms with Crippen LogP contribution in [0.3, 0.4) is 0 Å². The molecule has 0 fully saturated rings. The van der Waals surface area contributed by atoms with Crippen LogP contribution in [-0.4, -0.2) is 5.11 Å². The molecule has 0 radical (unpaired) electrons. The first kappa shape index (κ1) is 15.0. The van der Waals surface area contributed by atoms with Crippen molar-refractivity contribution in [1.29, 1.82) is 0 Å². The van der Waals surface area contributed by atoms with E-state index in [4.69, 9.17) is 11.6 Å². The maximum Gasteiger partial charge on any atom is 0.126 e. The summed E-state index contributed by atoms with van der Waals surface area (Å²) in [6.07, 6.45) is -0.599. The van der Waals surface area contributed by atoms with Crippen molar-refractivity contribution in [3.8, 4) is 0 Å². The van der Waals surface area contributed by atoms with Crippen LogP contribution in [-0.2, 0) is 6.42 Å². The summed E-state index contributed by atoms with van der Waals surface area (Å²) >= 11 is 12.6. The van der Waals surface area contributed by atoms with Crippen molar-refractivity contribution in [1.82, 2.24) is 0 Å². The van der Waals surface area contributed by atoms with E-state index in [0.717, 1.165) is 8.95 Å².